The first-order valence-corrected chi connectivity index (χ1v) is 7.19. The SMILES string of the molecule is Nc1cc(Cl)c(Sc2cccc3cnccc23)cc1N. The summed E-state index contributed by atoms with van der Waals surface area (Å²) < 4.78 is 0. The molecule has 0 atom stereocenters. The summed E-state index contributed by atoms with van der Waals surface area (Å²) in [6.45, 7) is 0. The monoisotopic (exact) mass is 301 g/mol. The Balaban J connectivity index is 2.08. The van der Waals surface area contributed by atoms with Crippen molar-refractivity contribution in [2.45, 2.75) is 9.79 Å². The third kappa shape index (κ3) is 2.40. The molecule has 4 N–H and O–H groups in total. The molecule has 0 bridgehead atoms. The first-order chi connectivity index (χ1) is 9.65. The number of benzene rings is 2. The van der Waals surface area contributed by atoms with Gasteiger partial charge < -0.3 is 11.5 Å². The van der Waals surface area contributed by atoms with Crippen LogP contribution in [0.25, 0.3) is 10.8 Å². The molecular formula is C15H12ClN3S. The van der Waals surface area contributed by atoms with E-state index >= 15 is 0 Å². The second-order valence-corrected chi connectivity index (χ2v) is 5.86. The third-order valence-electron chi connectivity index (χ3n) is 3.00. The fraction of sp³-hybridized carbons (Fsp3) is 0. The van der Waals surface area contributed by atoms with E-state index in [4.69, 9.17) is 23.1 Å². The van der Waals surface area contributed by atoms with Crippen molar-refractivity contribution in [3.05, 3.63) is 53.8 Å². The summed E-state index contributed by atoms with van der Waals surface area (Å²) in [6, 6.07) is 11.6. The quantitative estimate of drug-likeness (QED) is 0.696. The molecule has 1 heterocycles. The van der Waals surface area contributed by atoms with Crippen LogP contribution in [0.4, 0.5) is 11.4 Å². The van der Waals surface area contributed by atoms with E-state index < -0.39 is 0 Å². The summed E-state index contributed by atoms with van der Waals surface area (Å²) in [6.07, 6.45) is 3.63. The van der Waals surface area contributed by atoms with Crippen LogP contribution in [0.1, 0.15) is 0 Å². The van der Waals surface area contributed by atoms with E-state index in [9.17, 15) is 0 Å². The Labute approximate surface area is 125 Å². The van der Waals surface area contributed by atoms with Gasteiger partial charge in [-0.25, -0.2) is 0 Å². The van der Waals surface area contributed by atoms with E-state index in [0.29, 0.717) is 16.4 Å². The molecule has 0 unspecified atom stereocenters. The van der Waals surface area contributed by atoms with E-state index in [2.05, 4.69) is 11.1 Å². The van der Waals surface area contributed by atoms with Crippen LogP contribution in [0.5, 0.6) is 0 Å². The minimum absolute atomic E-state index is 0.501. The Hall–Kier alpha value is -1.91. The van der Waals surface area contributed by atoms with Crippen molar-refractivity contribution in [2.75, 3.05) is 11.5 Å². The highest BCUT2D eigenvalue weighted by Crippen LogP contribution is 2.39. The predicted octanol–water partition coefficient (Wildman–Crippen LogP) is 4.20. The molecule has 2 aromatic carbocycles. The van der Waals surface area contributed by atoms with Crippen LogP contribution in [0.2, 0.25) is 5.02 Å². The zero-order valence-corrected chi connectivity index (χ0v) is 12.1. The van der Waals surface area contributed by atoms with E-state index in [0.717, 1.165) is 20.6 Å². The molecular weight excluding hydrogens is 290 g/mol. The number of pyridine rings is 1. The number of hydrogen-bond donors (Lipinski definition) is 2. The topological polar surface area (TPSA) is 64.9 Å². The summed E-state index contributed by atoms with van der Waals surface area (Å²) in [5, 5.41) is 2.84. The third-order valence-corrected chi connectivity index (χ3v) is 4.56. The number of halogens is 1. The second-order valence-electron chi connectivity index (χ2n) is 4.37. The number of rotatable bonds is 2. The summed E-state index contributed by atoms with van der Waals surface area (Å²) in [4.78, 5) is 6.13. The van der Waals surface area contributed by atoms with Crippen molar-refractivity contribution < 1.29 is 0 Å². The lowest BCUT2D eigenvalue weighted by atomic mass is 10.2. The van der Waals surface area contributed by atoms with E-state index in [1.54, 1.807) is 24.0 Å². The Kier molecular flexibility index (Phi) is 3.42. The van der Waals surface area contributed by atoms with Crippen LogP contribution in [0, 0.1) is 0 Å². The maximum atomic E-state index is 6.23. The van der Waals surface area contributed by atoms with Crippen LogP contribution in [0.3, 0.4) is 0 Å². The summed E-state index contributed by atoms with van der Waals surface area (Å²) >= 11 is 7.81. The van der Waals surface area contributed by atoms with Crippen molar-refractivity contribution in [3.63, 3.8) is 0 Å². The highest BCUT2D eigenvalue weighted by atomic mass is 35.5. The van der Waals surface area contributed by atoms with Gasteiger partial charge in [0, 0.05) is 27.6 Å². The molecule has 0 saturated heterocycles. The normalized spacial score (nSPS) is 10.8. The Morgan fingerprint density at radius 3 is 2.65 bits per heavy atom. The largest absolute Gasteiger partial charge is 0.397 e. The van der Waals surface area contributed by atoms with Gasteiger partial charge in [0.25, 0.3) is 0 Å². The number of anilines is 2. The molecule has 3 aromatic rings. The highest BCUT2D eigenvalue weighted by Gasteiger charge is 2.08. The van der Waals surface area contributed by atoms with Crippen LogP contribution in [-0.2, 0) is 0 Å². The predicted molar refractivity (Wildman–Crippen MR) is 86.1 cm³/mol. The molecule has 0 amide bonds. The van der Waals surface area contributed by atoms with Gasteiger partial charge in [-0.1, -0.05) is 35.5 Å². The lowest BCUT2D eigenvalue weighted by Gasteiger charge is -2.09. The van der Waals surface area contributed by atoms with Gasteiger partial charge in [0.05, 0.1) is 16.4 Å². The molecule has 20 heavy (non-hydrogen) atoms. The number of nitrogens with two attached hydrogens (primary N) is 2. The van der Waals surface area contributed by atoms with Gasteiger partial charge >= 0.3 is 0 Å². The van der Waals surface area contributed by atoms with Crippen molar-refractivity contribution >= 4 is 45.5 Å². The molecule has 0 saturated carbocycles. The molecule has 0 aliphatic carbocycles. The lowest BCUT2D eigenvalue weighted by molar-refractivity contribution is 1.35. The van der Waals surface area contributed by atoms with Crippen molar-refractivity contribution in [1.82, 2.24) is 4.98 Å². The van der Waals surface area contributed by atoms with E-state index in [1.165, 1.54) is 0 Å². The second kappa shape index (κ2) is 5.23. The zero-order chi connectivity index (χ0) is 14.1. The standard InChI is InChI=1S/C15H12ClN3S/c16-11-6-12(17)13(18)7-15(11)20-14-3-1-2-9-8-19-5-4-10(9)14/h1-8H,17-18H2. The summed E-state index contributed by atoms with van der Waals surface area (Å²) in [7, 11) is 0. The molecule has 3 nitrogen and oxygen atoms in total. The summed E-state index contributed by atoms with van der Waals surface area (Å²) in [5.41, 5.74) is 12.6. The van der Waals surface area contributed by atoms with Gasteiger partial charge in [-0.3, -0.25) is 4.98 Å². The number of fused-ring (bicyclic) bond motifs is 1. The van der Waals surface area contributed by atoms with E-state index in [1.807, 2.05) is 30.5 Å². The van der Waals surface area contributed by atoms with Crippen LogP contribution < -0.4 is 11.5 Å². The van der Waals surface area contributed by atoms with Crippen LogP contribution >= 0.6 is 23.4 Å². The lowest BCUT2D eigenvalue weighted by Crippen LogP contribution is -1.94. The summed E-state index contributed by atoms with van der Waals surface area (Å²) in [5.74, 6) is 0. The fourth-order valence-electron chi connectivity index (χ4n) is 1.96. The van der Waals surface area contributed by atoms with Crippen molar-refractivity contribution in [2.24, 2.45) is 0 Å². The average Bonchev–Trinajstić information content (AvgIpc) is 2.45. The Bertz CT molecular complexity index is 784. The van der Waals surface area contributed by atoms with Gasteiger partial charge in [0.15, 0.2) is 0 Å². The van der Waals surface area contributed by atoms with Gasteiger partial charge in [0.1, 0.15) is 0 Å². The molecule has 0 radical (unpaired) electrons. The Morgan fingerprint density at radius 1 is 1.00 bits per heavy atom. The van der Waals surface area contributed by atoms with Gasteiger partial charge in [0.2, 0.25) is 0 Å². The molecule has 100 valence electrons. The highest BCUT2D eigenvalue weighted by molar-refractivity contribution is 7.99. The minimum atomic E-state index is 0.501. The zero-order valence-electron chi connectivity index (χ0n) is 10.5. The van der Waals surface area contributed by atoms with Gasteiger partial charge in [-0.15, -0.1) is 0 Å². The molecule has 1 aromatic heterocycles. The molecule has 0 aliphatic rings. The first kappa shape index (κ1) is 13.1. The molecule has 0 aliphatic heterocycles. The van der Waals surface area contributed by atoms with Gasteiger partial charge in [-0.05, 0) is 29.7 Å². The van der Waals surface area contributed by atoms with E-state index in [-0.39, 0.29) is 0 Å². The van der Waals surface area contributed by atoms with Gasteiger partial charge in [-0.2, -0.15) is 0 Å². The number of aromatic nitrogens is 1. The number of nitrogen functional groups attached to an aromatic ring is 2. The van der Waals surface area contributed by atoms with Crippen molar-refractivity contribution in [1.29, 1.82) is 0 Å². The number of hydrogen-bond acceptors (Lipinski definition) is 4. The molecule has 5 heteroatoms. The molecule has 0 fully saturated rings. The maximum absolute atomic E-state index is 6.23. The van der Waals surface area contributed by atoms with Crippen LogP contribution in [-0.4, -0.2) is 4.98 Å². The van der Waals surface area contributed by atoms with Crippen LogP contribution in [0.15, 0.2) is 58.6 Å². The smallest absolute Gasteiger partial charge is 0.0567 e. The Morgan fingerprint density at radius 2 is 1.80 bits per heavy atom. The first-order valence-electron chi connectivity index (χ1n) is 6.00. The molecule has 0 spiro atoms. The average molecular weight is 302 g/mol. The number of nitrogens with zero attached hydrogens (tertiary/aromatic N) is 1. The molecule has 3 rings (SSSR count). The fourth-order valence-corrected chi connectivity index (χ4v) is 3.27. The maximum Gasteiger partial charge on any atom is 0.0567 e. The minimum Gasteiger partial charge on any atom is -0.397 e. The van der Waals surface area contributed by atoms with Crippen molar-refractivity contribution in [3.8, 4) is 0 Å².